The molecule has 0 fully saturated rings. The van der Waals surface area contributed by atoms with E-state index in [-0.39, 0.29) is 11.2 Å². The molecule has 0 radical (unpaired) electrons. The van der Waals surface area contributed by atoms with Gasteiger partial charge in [0, 0.05) is 12.7 Å². The molecule has 1 amide bonds. The molecule has 0 spiro atoms. The number of nitrogens with one attached hydrogen (secondary N) is 2. The van der Waals surface area contributed by atoms with Crippen LogP contribution in [0.25, 0.3) is 0 Å². The van der Waals surface area contributed by atoms with Crippen molar-refractivity contribution in [2.75, 3.05) is 5.32 Å². The zero-order valence-electron chi connectivity index (χ0n) is 9.58. The lowest BCUT2D eigenvalue weighted by Gasteiger charge is -2.10. The molecule has 19 heavy (non-hydrogen) atoms. The van der Waals surface area contributed by atoms with Crippen molar-refractivity contribution in [3.63, 3.8) is 0 Å². The number of amides is 1. The zero-order valence-corrected chi connectivity index (χ0v) is 11.9. The maximum absolute atomic E-state index is 11.8. The number of rotatable bonds is 2. The van der Waals surface area contributed by atoms with Gasteiger partial charge in [0.2, 0.25) is 5.28 Å². The van der Waals surface area contributed by atoms with E-state index in [1.807, 2.05) is 18.2 Å². The second kappa shape index (κ2) is 4.79. The van der Waals surface area contributed by atoms with E-state index >= 15 is 0 Å². The Balaban J connectivity index is 2.03. The standard InChI is InChI=1S/C12H8BrClN4O/c13-7-5-16-12(14)18-10(7)17-8-3-1-2-6-4-15-11(19)9(6)8/h1-3,5H,4H2,(H,15,19)(H,16,17,18). The number of anilines is 2. The molecule has 2 aromatic rings. The van der Waals surface area contributed by atoms with Crippen molar-refractivity contribution in [3.8, 4) is 0 Å². The van der Waals surface area contributed by atoms with E-state index in [1.165, 1.54) is 0 Å². The number of hydrogen-bond donors (Lipinski definition) is 2. The first-order valence-corrected chi connectivity index (χ1v) is 6.67. The molecule has 1 aliphatic heterocycles. The molecule has 96 valence electrons. The van der Waals surface area contributed by atoms with Gasteiger partial charge in [0.15, 0.2) is 0 Å². The summed E-state index contributed by atoms with van der Waals surface area (Å²) in [7, 11) is 0. The Kier molecular flexibility index (Phi) is 3.12. The van der Waals surface area contributed by atoms with Gasteiger partial charge < -0.3 is 10.6 Å². The Morgan fingerprint density at radius 2 is 2.26 bits per heavy atom. The van der Waals surface area contributed by atoms with Crippen molar-refractivity contribution in [1.29, 1.82) is 0 Å². The molecule has 0 aliphatic carbocycles. The summed E-state index contributed by atoms with van der Waals surface area (Å²) in [4.78, 5) is 19.7. The number of halogens is 2. The zero-order chi connectivity index (χ0) is 13.4. The van der Waals surface area contributed by atoms with E-state index in [4.69, 9.17) is 11.6 Å². The van der Waals surface area contributed by atoms with Gasteiger partial charge in [-0.3, -0.25) is 4.79 Å². The molecule has 0 bridgehead atoms. The lowest BCUT2D eigenvalue weighted by Crippen LogP contribution is -2.13. The van der Waals surface area contributed by atoms with Crippen molar-refractivity contribution in [2.24, 2.45) is 0 Å². The van der Waals surface area contributed by atoms with Gasteiger partial charge in [-0.15, -0.1) is 0 Å². The lowest BCUT2D eigenvalue weighted by atomic mass is 10.1. The minimum atomic E-state index is -0.0885. The molecule has 2 N–H and O–H groups in total. The summed E-state index contributed by atoms with van der Waals surface area (Å²) >= 11 is 9.10. The van der Waals surface area contributed by atoms with Crippen LogP contribution in [0.2, 0.25) is 5.28 Å². The average Bonchev–Trinajstić information content (AvgIpc) is 2.77. The van der Waals surface area contributed by atoms with E-state index in [1.54, 1.807) is 6.20 Å². The number of hydrogen-bond acceptors (Lipinski definition) is 4. The maximum atomic E-state index is 11.8. The van der Waals surface area contributed by atoms with Crippen LogP contribution in [0.3, 0.4) is 0 Å². The molecule has 0 unspecified atom stereocenters. The third-order valence-corrected chi connectivity index (χ3v) is 3.55. The second-order valence-corrected chi connectivity index (χ2v) is 5.18. The fourth-order valence-electron chi connectivity index (χ4n) is 1.94. The van der Waals surface area contributed by atoms with Gasteiger partial charge in [-0.25, -0.2) is 4.98 Å². The van der Waals surface area contributed by atoms with Crippen LogP contribution in [0.5, 0.6) is 0 Å². The normalized spacial score (nSPS) is 13.1. The first kappa shape index (κ1) is 12.4. The summed E-state index contributed by atoms with van der Waals surface area (Å²) in [6.07, 6.45) is 1.56. The van der Waals surface area contributed by atoms with Gasteiger partial charge >= 0.3 is 0 Å². The van der Waals surface area contributed by atoms with Crippen molar-refractivity contribution >= 4 is 44.9 Å². The third kappa shape index (κ3) is 2.29. The summed E-state index contributed by atoms with van der Waals surface area (Å²) in [5, 5.41) is 6.03. The van der Waals surface area contributed by atoms with Crippen LogP contribution in [-0.2, 0) is 6.54 Å². The first-order chi connectivity index (χ1) is 9.15. The fourth-order valence-corrected chi connectivity index (χ4v) is 2.37. The number of carbonyl (C=O) groups is 1. The van der Waals surface area contributed by atoms with E-state index < -0.39 is 0 Å². The largest absolute Gasteiger partial charge is 0.348 e. The fraction of sp³-hybridized carbons (Fsp3) is 0.0833. The molecule has 2 heterocycles. The minimum absolute atomic E-state index is 0.0885. The van der Waals surface area contributed by atoms with Crippen molar-refractivity contribution in [2.45, 2.75) is 6.54 Å². The summed E-state index contributed by atoms with van der Waals surface area (Å²) in [6.45, 7) is 0.551. The van der Waals surface area contributed by atoms with Gasteiger partial charge in [-0.05, 0) is 39.2 Å². The van der Waals surface area contributed by atoms with Crippen LogP contribution in [0, 0.1) is 0 Å². The summed E-state index contributed by atoms with van der Waals surface area (Å²) in [5.74, 6) is 0.433. The Labute approximate surface area is 122 Å². The number of carbonyl (C=O) groups excluding carboxylic acids is 1. The monoisotopic (exact) mass is 338 g/mol. The second-order valence-electron chi connectivity index (χ2n) is 3.98. The Morgan fingerprint density at radius 3 is 3.11 bits per heavy atom. The highest BCUT2D eigenvalue weighted by Gasteiger charge is 2.22. The number of benzene rings is 1. The molecule has 0 saturated carbocycles. The Morgan fingerprint density at radius 1 is 1.42 bits per heavy atom. The molecule has 1 aromatic carbocycles. The summed E-state index contributed by atoms with van der Waals surface area (Å²) in [5.41, 5.74) is 2.30. The molecule has 3 rings (SSSR count). The Hall–Kier alpha value is -1.66. The molecule has 7 heteroatoms. The quantitative estimate of drug-likeness (QED) is 0.826. The SMILES string of the molecule is O=C1NCc2cccc(Nc3nc(Cl)ncc3Br)c21. The smallest absolute Gasteiger partial charge is 0.254 e. The molecule has 1 aromatic heterocycles. The van der Waals surface area contributed by atoms with Gasteiger partial charge in [-0.2, -0.15) is 4.98 Å². The highest BCUT2D eigenvalue weighted by molar-refractivity contribution is 9.10. The van der Waals surface area contributed by atoms with Crippen LogP contribution in [0.4, 0.5) is 11.5 Å². The highest BCUT2D eigenvalue weighted by Crippen LogP contribution is 2.29. The highest BCUT2D eigenvalue weighted by atomic mass is 79.9. The van der Waals surface area contributed by atoms with E-state index in [0.717, 1.165) is 5.56 Å². The van der Waals surface area contributed by atoms with E-state index in [0.29, 0.717) is 28.1 Å². The van der Waals surface area contributed by atoms with E-state index in [2.05, 4.69) is 36.5 Å². The molecular weight excluding hydrogens is 332 g/mol. The third-order valence-electron chi connectivity index (χ3n) is 2.78. The molecule has 5 nitrogen and oxygen atoms in total. The van der Waals surface area contributed by atoms with Crippen LogP contribution in [0.1, 0.15) is 15.9 Å². The van der Waals surface area contributed by atoms with Crippen molar-refractivity contribution in [3.05, 3.63) is 45.3 Å². The van der Waals surface area contributed by atoms with Gasteiger partial charge in [0.25, 0.3) is 5.91 Å². The summed E-state index contributed by atoms with van der Waals surface area (Å²) in [6, 6.07) is 5.63. The summed E-state index contributed by atoms with van der Waals surface area (Å²) < 4.78 is 0.674. The average molecular weight is 340 g/mol. The first-order valence-electron chi connectivity index (χ1n) is 5.50. The molecule has 1 aliphatic rings. The van der Waals surface area contributed by atoms with Gasteiger partial charge in [0.05, 0.1) is 15.7 Å². The topological polar surface area (TPSA) is 66.9 Å². The lowest BCUT2D eigenvalue weighted by molar-refractivity contribution is 0.0966. The minimum Gasteiger partial charge on any atom is -0.348 e. The molecular formula is C12H8BrClN4O. The maximum Gasteiger partial charge on any atom is 0.254 e. The van der Waals surface area contributed by atoms with Crippen LogP contribution in [-0.4, -0.2) is 15.9 Å². The number of aromatic nitrogens is 2. The molecule has 0 saturated heterocycles. The van der Waals surface area contributed by atoms with Crippen LogP contribution in [0.15, 0.2) is 28.9 Å². The predicted octanol–water partition coefficient (Wildman–Crippen LogP) is 2.88. The number of fused-ring (bicyclic) bond motifs is 1. The Bertz CT molecular complexity index is 677. The van der Waals surface area contributed by atoms with E-state index in [9.17, 15) is 4.79 Å². The van der Waals surface area contributed by atoms with Gasteiger partial charge in [0.1, 0.15) is 5.82 Å². The number of nitrogens with zero attached hydrogens (tertiary/aromatic N) is 2. The van der Waals surface area contributed by atoms with Crippen molar-refractivity contribution < 1.29 is 4.79 Å². The van der Waals surface area contributed by atoms with Crippen LogP contribution < -0.4 is 10.6 Å². The molecule has 0 atom stereocenters. The van der Waals surface area contributed by atoms with Crippen LogP contribution >= 0.6 is 27.5 Å². The van der Waals surface area contributed by atoms with Gasteiger partial charge in [-0.1, -0.05) is 12.1 Å². The predicted molar refractivity (Wildman–Crippen MR) is 75.6 cm³/mol. The van der Waals surface area contributed by atoms with Crippen molar-refractivity contribution in [1.82, 2.24) is 15.3 Å².